The van der Waals surface area contributed by atoms with Gasteiger partial charge in [0.15, 0.2) is 5.72 Å². The average Bonchev–Trinajstić information content (AvgIpc) is 2.73. The van der Waals surface area contributed by atoms with E-state index in [0.29, 0.717) is 24.3 Å². The normalized spacial score (nSPS) is 30.3. The smallest absolute Gasteiger partial charge is 0.258 e. The van der Waals surface area contributed by atoms with Crippen LogP contribution in [0.15, 0.2) is 48.8 Å². The molecule has 1 aromatic heterocycles. The van der Waals surface area contributed by atoms with E-state index in [-0.39, 0.29) is 29.6 Å². The molecule has 3 fully saturated rings. The summed E-state index contributed by atoms with van der Waals surface area (Å²) in [5.41, 5.74) is 0.905. The van der Waals surface area contributed by atoms with E-state index in [1.54, 1.807) is 18.5 Å². The maximum atomic E-state index is 12.8. The predicted molar refractivity (Wildman–Crippen MR) is 102 cm³/mol. The third kappa shape index (κ3) is 2.84. The Morgan fingerprint density at radius 2 is 2.14 bits per heavy atom. The van der Waals surface area contributed by atoms with Crippen molar-refractivity contribution in [3.63, 3.8) is 0 Å². The number of rotatable bonds is 3. The summed E-state index contributed by atoms with van der Waals surface area (Å²) in [4.78, 5) is 29.6. The summed E-state index contributed by atoms with van der Waals surface area (Å²) in [6, 6.07) is 11.2. The molecule has 2 N–H and O–H groups in total. The Labute approximate surface area is 163 Å². The standard InChI is InChI=1S/C22H23N3O3/c26-20(24-13-14-4-3-9-23-12-14)18-10-16-8-7-15(18)11-22(16)25-21(27)17-5-1-2-6-19(17)28-22/h1-6,9,12,15-16,18H,7-8,10-11,13H2,(H,24,26)(H,25,27)/t15-,16-,18+,22-/m1/s1. The molecule has 0 saturated heterocycles. The summed E-state index contributed by atoms with van der Waals surface area (Å²) in [6.07, 6.45) is 6.89. The monoisotopic (exact) mass is 377 g/mol. The minimum atomic E-state index is -0.672. The van der Waals surface area contributed by atoms with Crippen LogP contribution in [0.1, 0.15) is 41.6 Å². The van der Waals surface area contributed by atoms with Gasteiger partial charge in [0, 0.05) is 37.2 Å². The number of amides is 2. The Balaban J connectivity index is 1.30. The highest BCUT2D eigenvalue weighted by Crippen LogP contribution is 2.52. The lowest BCUT2D eigenvalue weighted by Crippen LogP contribution is -2.66. The lowest BCUT2D eigenvalue weighted by Gasteiger charge is -2.55. The minimum Gasteiger partial charge on any atom is -0.467 e. The van der Waals surface area contributed by atoms with Gasteiger partial charge in [-0.05, 0) is 48.9 Å². The first kappa shape index (κ1) is 17.2. The second-order valence-corrected chi connectivity index (χ2v) is 8.10. The van der Waals surface area contributed by atoms with Gasteiger partial charge in [0.05, 0.1) is 5.56 Å². The molecule has 2 amide bonds. The fourth-order valence-corrected chi connectivity index (χ4v) is 5.10. The number of carbonyl (C=O) groups excluding carboxylic acids is 2. The Morgan fingerprint density at radius 1 is 1.25 bits per heavy atom. The van der Waals surface area contributed by atoms with Gasteiger partial charge in [-0.25, -0.2) is 0 Å². The van der Waals surface area contributed by atoms with Gasteiger partial charge < -0.3 is 15.4 Å². The van der Waals surface area contributed by atoms with Gasteiger partial charge in [0.25, 0.3) is 5.91 Å². The summed E-state index contributed by atoms with van der Waals surface area (Å²) in [6.45, 7) is 0.492. The average molecular weight is 377 g/mol. The number of benzene rings is 1. The highest BCUT2D eigenvalue weighted by molar-refractivity contribution is 5.98. The molecule has 2 heterocycles. The van der Waals surface area contributed by atoms with Crippen LogP contribution in [0.5, 0.6) is 5.75 Å². The van der Waals surface area contributed by atoms with E-state index in [1.165, 1.54) is 0 Å². The lowest BCUT2D eigenvalue weighted by atomic mass is 9.60. The number of nitrogens with zero attached hydrogens (tertiary/aromatic N) is 1. The van der Waals surface area contributed by atoms with Crippen molar-refractivity contribution in [2.75, 3.05) is 0 Å². The van der Waals surface area contributed by atoms with Gasteiger partial charge in [0.2, 0.25) is 5.91 Å². The Morgan fingerprint density at radius 3 is 2.93 bits per heavy atom. The quantitative estimate of drug-likeness (QED) is 0.862. The molecule has 2 bridgehead atoms. The topological polar surface area (TPSA) is 80.3 Å². The molecule has 144 valence electrons. The number of para-hydroxylation sites is 1. The molecule has 3 saturated carbocycles. The van der Waals surface area contributed by atoms with E-state index in [2.05, 4.69) is 15.6 Å². The molecule has 4 aliphatic rings. The molecule has 2 aromatic rings. The van der Waals surface area contributed by atoms with Crippen molar-refractivity contribution >= 4 is 11.8 Å². The molecule has 0 unspecified atom stereocenters. The third-order valence-electron chi connectivity index (χ3n) is 6.49. The van der Waals surface area contributed by atoms with Crippen LogP contribution >= 0.6 is 0 Å². The van der Waals surface area contributed by atoms with E-state index in [0.717, 1.165) is 24.8 Å². The molecule has 1 aliphatic heterocycles. The first-order valence-corrected chi connectivity index (χ1v) is 9.92. The van der Waals surface area contributed by atoms with Crippen molar-refractivity contribution in [1.82, 2.24) is 15.6 Å². The molecule has 1 spiro atoms. The molecule has 6 rings (SSSR count). The van der Waals surface area contributed by atoms with Gasteiger partial charge in [-0.15, -0.1) is 0 Å². The van der Waals surface area contributed by atoms with Crippen LogP contribution in [0.4, 0.5) is 0 Å². The Kier molecular flexibility index (Phi) is 4.07. The number of hydrogen-bond donors (Lipinski definition) is 2. The second-order valence-electron chi connectivity index (χ2n) is 8.10. The summed E-state index contributed by atoms with van der Waals surface area (Å²) >= 11 is 0. The number of fused-ring (bicyclic) bond motifs is 3. The van der Waals surface area contributed by atoms with E-state index < -0.39 is 5.72 Å². The number of carbonyl (C=O) groups is 2. The maximum Gasteiger partial charge on any atom is 0.258 e. The third-order valence-corrected chi connectivity index (χ3v) is 6.49. The lowest BCUT2D eigenvalue weighted by molar-refractivity contribution is -0.146. The molecular formula is C22H23N3O3. The van der Waals surface area contributed by atoms with Gasteiger partial charge in [-0.1, -0.05) is 18.2 Å². The van der Waals surface area contributed by atoms with Crippen molar-refractivity contribution in [1.29, 1.82) is 0 Å². The van der Waals surface area contributed by atoms with Crippen molar-refractivity contribution in [2.45, 2.75) is 38.0 Å². The first-order chi connectivity index (χ1) is 13.6. The van der Waals surface area contributed by atoms with Crippen LogP contribution in [-0.2, 0) is 11.3 Å². The molecular weight excluding hydrogens is 354 g/mol. The zero-order valence-electron chi connectivity index (χ0n) is 15.6. The zero-order chi connectivity index (χ0) is 19.1. The van der Waals surface area contributed by atoms with E-state index in [1.807, 2.05) is 30.3 Å². The molecule has 1 aromatic carbocycles. The molecule has 6 nitrogen and oxygen atoms in total. The van der Waals surface area contributed by atoms with Crippen molar-refractivity contribution in [2.24, 2.45) is 17.8 Å². The summed E-state index contributed by atoms with van der Waals surface area (Å²) in [7, 11) is 0. The highest BCUT2D eigenvalue weighted by Gasteiger charge is 2.57. The largest absolute Gasteiger partial charge is 0.467 e. The summed E-state index contributed by atoms with van der Waals surface area (Å²) in [5, 5.41) is 6.20. The Hall–Kier alpha value is -2.89. The molecule has 3 aliphatic carbocycles. The van der Waals surface area contributed by atoms with Gasteiger partial charge >= 0.3 is 0 Å². The van der Waals surface area contributed by atoms with Crippen LogP contribution in [0.2, 0.25) is 0 Å². The molecule has 4 atom stereocenters. The van der Waals surface area contributed by atoms with Crippen LogP contribution in [0, 0.1) is 17.8 Å². The molecule has 0 radical (unpaired) electrons. The van der Waals surface area contributed by atoms with Crippen molar-refractivity contribution in [3.05, 3.63) is 59.9 Å². The van der Waals surface area contributed by atoms with Crippen LogP contribution in [-0.4, -0.2) is 22.5 Å². The van der Waals surface area contributed by atoms with Crippen LogP contribution in [0.3, 0.4) is 0 Å². The fraction of sp³-hybridized carbons (Fsp3) is 0.409. The first-order valence-electron chi connectivity index (χ1n) is 9.92. The summed E-state index contributed by atoms with van der Waals surface area (Å²) in [5.74, 6) is 0.992. The van der Waals surface area contributed by atoms with Crippen LogP contribution in [0.25, 0.3) is 0 Å². The number of aromatic nitrogens is 1. The molecule has 6 heteroatoms. The summed E-state index contributed by atoms with van der Waals surface area (Å²) < 4.78 is 6.35. The number of nitrogens with one attached hydrogen (secondary N) is 2. The van der Waals surface area contributed by atoms with E-state index >= 15 is 0 Å². The highest BCUT2D eigenvalue weighted by atomic mass is 16.5. The predicted octanol–water partition coefficient (Wildman–Crippen LogP) is 2.65. The number of hydrogen-bond acceptors (Lipinski definition) is 4. The van der Waals surface area contributed by atoms with Crippen molar-refractivity contribution < 1.29 is 14.3 Å². The zero-order valence-corrected chi connectivity index (χ0v) is 15.6. The minimum absolute atomic E-state index is 0.0290. The second kappa shape index (κ2) is 6.62. The van der Waals surface area contributed by atoms with Gasteiger partial charge in [-0.3, -0.25) is 14.6 Å². The SMILES string of the molecule is O=C1N[C@]2(C[C@H]3CC[C@@H]2C[C@@H]3C(=O)NCc2cccnc2)Oc2ccccc21. The Bertz CT molecular complexity index is 916. The number of ether oxygens (including phenoxy) is 1. The van der Waals surface area contributed by atoms with E-state index in [9.17, 15) is 9.59 Å². The van der Waals surface area contributed by atoms with Crippen LogP contribution < -0.4 is 15.4 Å². The van der Waals surface area contributed by atoms with Gasteiger partial charge in [0.1, 0.15) is 5.75 Å². The number of pyridine rings is 1. The van der Waals surface area contributed by atoms with Crippen molar-refractivity contribution in [3.8, 4) is 5.75 Å². The fourth-order valence-electron chi connectivity index (χ4n) is 5.10. The molecule has 28 heavy (non-hydrogen) atoms. The maximum absolute atomic E-state index is 12.8. The van der Waals surface area contributed by atoms with Gasteiger partial charge in [-0.2, -0.15) is 0 Å². The van der Waals surface area contributed by atoms with E-state index in [4.69, 9.17) is 4.74 Å².